The minimum Gasteiger partial charge on any atom is -0.147 e. The van der Waals surface area contributed by atoms with Crippen LogP contribution in [0.2, 0.25) is 9.26 Å². The van der Waals surface area contributed by atoms with Gasteiger partial charge in [-0.1, -0.05) is 0 Å². The van der Waals surface area contributed by atoms with E-state index in [1.807, 2.05) is 11.1 Å². The molecule has 4 aliphatic rings. The Hall–Kier alpha value is -1.96. The van der Waals surface area contributed by atoms with Crippen LogP contribution in [0, 0.1) is 10.8 Å². The number of aryl methyl sites for hydroxylation is 2. The van der Waals surface area contributed by atoms with Gasteiger partial charge in [0.05, 0.1) is 0 Å². The summed E-state index contributed by atoms with van der Waals surface area (Å²) in [5, 5.41) is 0. The second-order valence-electron chi connectivity index (χ2n) is 20.2. The fraction of sp³-hybridized carbons (Fsp3) is 0.481. The first-order valence-corrected chi connectivity index (χ1v) is 36.6. The maximum absolute atomic E-state index is 3.93. The van der Waals surface area contributed by atoms with Crippen LogP contribution < -0.4 is 0 Å². The zero-order valence-corrected chi connectivity index (χ0v) is 42.2. The number of benzene rings is 4. The zero-order chi connectivity index (χ0) is 39.2. The molecule has 0 saturated heterocycles. The molecule has 8 rings (SSSR count). The molecular formula is C54H72Cl2SiZr. The maximum Gasteiger partial charge on any atom is -0.147 e. The Kier molecular flexibility index (Phi) is 14.3. The SMILES string of the molecule is CCCC1(CC2=Cc3c(-c4ccc(CC)cc4)cccc3[CH]2[Zr]([CH3])([CH3])(=[SiH2])[CH]2C(CC3(CCC)CCCC3)=Cc3c(-c4ccc(CC)cc4)cccc32)CCCC1.Cl.Cl. The number of fused-ring (bicyclic) bond motifs is 2. The molecule has 4 aromatic carbocycles. The Morgan fingerprint density at radius 3 is 1.22 bits per heavy atom. The molecule has 4 aliphatic carbocycles. The van der Waals surface area contributed by atoms with Crippen LogP contribution in [0.25, 0.3) is 34.4 Å². The second-order valence-corrected chi connectivity index (χ2v) is 50.7. The molecule has 0 aliphatic heterocycles. The van der Waals surface area contributed by atoms with E-state index in [0.717, 1.165) is 12.8 Å². The molecular weight excluding hydrogens is 839 g/mol. The summed E-state index contributed by atoms with van der Waals surface area (Å²) >= 11 is -3.93. The fourth-order valence-corrected chi connectivity index (χ4v) is 32.9. The quantitative estimate of drug-likeness (QED) is 0.111. The van der Waals surface area contributed by atoms with E-state index in [1.54, 1.807) is 22.3 Å². The normalized spacial score (nSPS) is 20.5. The van der Waals surface area contributed by atoms with Crippen LogP contribution in [-0.2, 0) is 30.2 Å². The number of allylic oxidation sites excluding steroid dienone is 2. The van der Waals surface area contributed by atoms with Gasteiger partial charge in [0.1, 0.15) is 0 Å². The van der Waals surface area contributed by atoms with Crippen molar-refractivity contribution in [2.45, 2.75) is 147 Å². The van der Waals surface area contributed by atoms with Gasteiger partial charge in [-0.3, -0.25) is 0 Å². The van der Waals surface area contributed by atoms with Gasteiger partial charge in [-0.25, -0.2) is 0 Å². The van der Waals surface area contributed by atoms with E-state index in [9.17, 15) is 0 Å². The van der Waals surface area contributed by atoms with E-state index in [2.05, 4.69) is 141 Å². The maximum atomic E-state index is 2.93. The molecule has 0 bridgehead atoms. The summed E-state index contributed by atoms with van der Waals surface area (Å²) in [4.78, 5) is 0. The summed E-state index contributed by atoms with van der Waals surface area (Å²) in [6.45, 7) is 12.0. The van der Waals surface area contributed by atoms with E-state index in [4.69, 9.17) is 0 Å². The summed E-state index contributed by atoms with van der Waals surface area (Å²) in [5.74, 6) is 0. The van der Waals surface area contributed by atoms with Crippen LogP contribution in [0.1, 0.15) is 158 Å². The Balaban J connectivity index is 0.00000283. The Morgan fingerprint density at radius 1 is 0.534 bits per heavy atom. The molecule has 2 saturated carbocycles. The van der Waals surface area contributed by atoms with Crippen molar-refractivity contribution in [1.82, 2.24) is 0 Å². The number of halogens is 2. The summed E-state index contributed by atoms with van der Waals surface area (Å²) < 4.78 is 6.95. The molecule has 0 N–H and O–H groups in total. The molecule has 4 aromatic rings. The predicted molar refractivity (Wildman–Crippen MR) is 260 cm³/mol. The van der Waals surface area contributed by atoms with Gasteiger partial charge in [0.2, 0.25) is 0 Å². The first kappa shape index (κ1) is 45.6. The molecule has 310 valence electrons. The number of hydrogen-bond acceptors (Lipinski definition) is 0. The molecule has 0 aromatic heterocycles. The first-order valence-electron chi connectivity index (χ1n) is 22.9. The van der Waals surface area contributed by atoms with Gasteiger partial charge in [0.15, 0.2) is 0 Å². The fourth-order valence-electron chi connectivity index (χ4n) is 13.2. The third kappa shape index (κ3) is 8.46. The zero-order valence-electron chi connectivity index (χ0n) is 36.7. The second kappa shape index (κ2) is 18.2. The van der Waals surface area contributed by atoms with Crippen molar-refractivity contribution >= 4 is 43.8 Å². The standard InChI is InChI=1S/2C26H31.2CH3.2ClH.H2Si.Zr/c2*1-3-14-26(15-5-6-16-26)19-21-17-23-8-7-9-24(25(23)18-21)22-12-10-20(4-2)11-13-22;;;;;;/h2*7-13,17-18H,3-6,14-16,19H2,1-2H3;2*1H3;2*1H;1H2;. The molecule has 0 nitrogen and oxygen atoms in total. The third-order valence-electron chi connectivity index (χ3n) is 15.6. The van der Waals surface area contributed by atoms with Crippen molar-refractivity contribution in [3.63, 3.8) is 0 Å². The Labute approximate surface area is 367 Å². The van der Waals surface area contributed by atoms with Crippen molar-refractivity contribution in [2.24, 2.45) is 10.8 Å². The minimum absolute atomic E-state index is 0. The van der Waals surface area contributed by atoms with E-state index < -0.39 is 17.4 Å². The molecule has 0 radical (unpaired) electrons. The minimum atomic E-state index is -3.93. The molecule has 2 unspecified atom stereocenters. The van der Waals surface area contributed by atoms with Gasteiger partial charge in [-0.15, -0.1) is 24.8 Å². The molecule has 2 fully saturated rings. The van der Waals surface area contributed by atoms with Crippen molar-refractivity contribution in [2.75, 3.05) is 0 Å². The van der Waals surface area contributed by atoms with Crippen LogP contribution in [0.15, 0.2) is 96.1 Å². The largest absolute Gasteiger partial charge is 0.147 e. The summed E-state index contributed by atoms with van der Waals surface area (Å²) in [5.41, 5.74) is 19.5. The van der Waals surface area contributed by atoms with E-state index in [1.165, 1.54) is 123 Å². The summed E-state index contributed by atoms with van der Waals surface area (Å²) in [6.07, 6.45) is 27.0. The van der Waals surface area contributed by atoms with E-state index in [0.29, 0.717) is 18.1 Å². The average Bonchev–Trinajstić information content (AvgIpc) is 4.01. The monoisotopic (exact) mass is 908 g/mol. The van der Waals surface area contributed by atoms with Crippen LogP contribution in [-0.4, -0.2) is 6.88 Å². The molecule has 0 spiro atoms. The van der Waals surface area contributed by atoms with Gasteiger partial charge in [0, 0.05) is 0 Å². The van der Waals surface area contributed by atoms with Crippen LogP contribution in [0.5, 0.6) is 0 Å². The average molecular weight is 911 g/mol. The van der Waals surface area contributed by atoms with Gasteiger partial charge in [-0.2, -0.15) is 0 Å². The Bertz CT molecular complexity index is 2040. The van der Waals surface area contributed by atoms with Crippen molar-refractivity contribution in [1.29, 1.82) is 0 Å². The van der Waals surface area contributed by atoms with E-state index >= 15 is 0 Å². The molecule has 2 atom stereocenters. The van der Waals surface area contributed by atoms with Crippen molar-refractivity contribution in [3.8, 4) is 22.3 Å². The van der Waals surface area contributed by atoms with Crippen molar-refractivity contribution in [3.05, 3.63) is 129 Å². The van der Waals surface area contributed by atoms with Gasteiger partial charge < -0.3 is 0 Å². The molecule has 0 heterocycles. The third-order valence-corrected chi connectivity index (χ3v) is 33.1. The summed E-state index contributed by atoms with van der Waals surface area (Å²) in [7, 11) is 0. The molecule has 58 heavy (non-hydrogen) atoms. The van der Waals surface area contributed by atoms with Gasteiger partial charge in [-0.05, 0) is 0 Å². The van der Waals surface area contributed by atoms with Gasteiger partial charge >= 0.3 is 346 Å². The van der Waals surface area contributed by atoms with E-state index in [-0.39, 0.29) is 24.8 Å². The number of hydrogen-bond donors (Lipinski definition) is 0. The smallest absolute Gasteiger partial charge is 0.147 e. The number of rotatable bonds is 14. The first-order chi connectivity index (χ1) is 27.0. The Morgan fingerprint density at radius 2 is 0.897 bits per heavy atom. The predicted octanol–water partition coefficient (Wildman–Crippen LogP) is 16.4. The van der Waals surface area contributed by atoms with Crippen molar-refractivity contribution < 1.29 is 17.4 Å². The van der Waals surface area contributed by atoms with Crippen LogP contribution in [0.3, 0.4) is 0 Å². The van der Waals surface area contributed by atoms with Crippen LogP contribution in [0.4, 0.5) is 0 Å². The molecule has 4 heteroatoms. The van der Waals surface area contributed by atoms with Crippen LogP contribution >= 0.6 is 24.8 Å². The molecule has 0 amide bonds. The topological polar surface area (TPSA) is 0 Å². The summed E-state index contributed by atoms with van der Waals surface area (Å²) in [6, 6.07) is 33.9. The van der Waals surface area contributed by atoms with Gasteiger partial charge in [0.25, 0.3) is 0 Å².